The lowest BCUT2D eigenvalue weighted by Gasteiger charge is -2.18. The molecule has 0 bridgehead atoms. The highest BCUT2D eigenvalue weighted by molar-refractivity contribution is 5.71. The SMILES string of the molecule is CC(C)CCCCCCCCCCCCCCCCCCC(=O)OC[C@H](COC(=O)CCCCCCCCCCCCC(C)C)OC(=O)CCCCCCCCCCCCCCCCCCC(C)C. The third-order valence-corrected chi connectivity index (χ3v) is 14.4. The van der Waals surface area contributed by atoms with Crippen molar-refractivity contribution in [2.75, 3.05) is 13.2 Å². The molecule has 0 radical (unpaired) electrons. The zero-order chi connectivity index (χ0) is 50.5. The van der Waals surface area contributed by atoms with Gasteiger partial charge in [0.05, 0.1) is 0 Å². The molecule has 0 unspecified atom stereocenters. The van der Waals surface area contributed by atoms with Crippen molar-refractivity contribution in [3.8, 4) is 0 Å². The van der Waals surface area contributed by atoms with Gasteiger partial charge in [-0.2, -0.15) is 0 Å². The summed E-state index contributed by atoms with van der Waals surface area (Å²) in [5.74, 6) is 1.68. The molecule has 0 saturated heterocycles. The van der Waals surface area contributed by atoms with Gasteiger partial charge in [0.15, 0.2) is 6.10 Å². The predicted molar refractivity (Wildman–Crippen MR) is 298 cm³/mol. The number of carbonyl (C=O) groups is 3. The van der Waals surface area contributed by atoms with Gasteiger partial charge in [-0.15, -0.1) is 0 Å². The summed E-state index contributed by atoms with van der Waals surface area (Å²) in [5, 5.41) is 0. The van der Waals surface area contributed by atoms with Crippen LogP contribution in [0.4, 0.5) is 0 Å². The first kappa shape index (κ1) is 67.4. The van der Waals surface area contributed by atoms with Gasteiger partial charge in [0, 0.05) is 19.3 Å². The van der Waals surface area contributed by atoms with Crippen LogP contribution in [0.3, 0.4) is 0 Å². The number of hydrogen-bond acceptors (Lipinski definition) is 6. The van der Waals surface area contributed by atoms with Gasteiger partial charge < -0.3 is 14.2 Å². The Hall–Kier alpha value is -1.59. The summed E-state index contributed by atoms with van der Waals surface area (Å²) < 4.78 is 16.9. The minimum Gasteiger partial charge on any atom is -0.462 e. The van der Waals surface area contributed by atoms with E-state index in [-0.39, 0.29) is 31.1 Å². The summed E-state index contributed by atoms with van der Waals surface area (Å²) in [6.07, 6.45) is 58.2. The van der Waals surface area contributed by atoms with Gasteiger partial charge in [-0.3, -0.25) is 14.4 Å². The minimum atomic E-state index is -0.764. The van der Waals surface area contributed by atoms with Crippen LogP contribution in [-0.2, 0) is 28.6 Å². The average molecular weight is 976 g/mol. The smallest absolute Gasteiger partial charge is 0.306 e. The fourth-order valence-electron chi connectivity index (χ4n) is 9.71. The van der Waals surface area contributed by atoms with E-state index in [0.29, 0.717) is 19.3 Å². The molecule has 0 aromatic rings. The zero-order valence-electron chi connectivity index (χ0n) is 47.6. The molecule has 0 fully saturated rings. The van der Waals surface area contributed by atoms with Crippen molar-refractivity contribution >= 4 is 17.9 Å². The average Bonchev–Trinajstić information content (AvgIpc) is 3.31. The standard InChI is InChI=1S/C63H122O6/c1-57(2)49-43-37-31-25-19-15-11-7-9-13-17-21-28-34-40-46-52-61(64)67-55-60(56-68-62(65)53-47-41-35-29-24-23-27-33-39-45-51-59(5)6)69-63(66)54-48-42-36-30-22-18-14-10-8-12-16-20-26-32-38-44-50-58(3)4/h57-60H,7-56H2,1-6H3/t60-/m1/s1. The molecule has 1 atom stereocenters. The van der Waals surface area contributed by atoms with E-state index in [1.807, 2.05) is 0 Å². The lowest BCUT2D eigenvalue weighted by atomic mass is 10.0. The number of ether oxygens (including phenoxy) is 3. The van der Waals surface area contributed by atoms with Crippen LogP contribution in [0.25, 0.3) is 0 Å². The quantitative estimate of drug-likeness (QED) is 0.0343. The predicted octanol–water partition coefficient (Wildman–Crippen LogP) is 20.7. The molecule has 0 aromatic carbocycles. The third kappa shape index (κ3) is 57.2. The van der Waals surface area contributed by atoms with E-state index >= 15 is 0 Å². The maximum absolute atomic E-state index is 12.9. The Morgan fingerprint density at radius 2 is 0.420 bits per heavy atom. The van der Waals surface area contributed by atoms with Crippen LogP contribution in [0.5, 0.6) is 0 Å². The van der Waals surface area contributed by atoms with Crippen molar-refractivity contribution in [2.24, 2.45) is 17.8 Å². The van der Waals surface area contributed by atoms with E-state index < -0.39 is 6.10 Å². The second kappa shape index (κ2) is 54.2. The first-order valence-electron chi connectivity index (χ1n) is 31.1. The lowest BCUT2D eigenvalue weighted by Crippen LogP contribution is -2.30. The van der Waals surface area contributed by atoms with Gasteiger partial charge in [0.25, 0.3) is 0 Å². The summed E-state index contributed by atoms with van der Waals surface area (Å²) in [5.41, 5.74) is 0. The molecule has 0 aromatic heterocycles. The first-order valence-corrected chi connectivity index (χ1v) is 31.1. The van der Waals surface area contributed by atoms with E-state index in [1.165, 1.54) is 231 Å². The normalized spacial score (nSPS) is 12.1. The summed E-state index contributed by atoms with van der Waals surface area (Å²) in [7, 11) is 0. The van der Waals surface area contributed by atoms with E-state index in [4.69, 9.17) is 14.2 Å². The van der Waals surface area contributed by atoms with Crippen LogP contribution >= 0.6 is 0 Å². The Bertz CT molecular complexity index is 1070. The van der Waals surface area contributed by atoms with E-state index in [1.54, 1.807) is 0 Å². The molecule has 0 aliphatic rings. The van der Waals surface area contributed by atoms with Crippen molar-refractivity contribution < 1.29 is 28.6 Å². The summed E-state index contributed by atoms with van der Waals surface area (Å²) in [6, 6.07) is 0. The summed E-state index contributed by atoms with van der Waals surface area (Å²) in [6.45, 7) is 13.8. The molecule has 6 heteroatoms. The monoisotopic (exact) mass is 975 g/mol. The van der Waals surface area contributed by atoms with Gasteiger partial charge in [-0.05, 0) is 37.0 Å². The van der Waals surface area contributed by atoms with Crippen molar-refractivity contribution in [1.29, 1.82) is 0 Å². The fraction of sp³-hybridized carbons (Fsp3) is 0.952. The van der Waals surface area contributed by atoms with Crippen LogP contribution in [0.15, 0.2) is 0 Å². The molecule has 69 heavy (non-hydrogen) atoms. The van der Waals surface area contributed by atoms with Gasteiger partial charge in [0.2, 0.25) is 0 Å². The highest BCUT2D eigenvalue weighted by atomic mass is 16.6. The molecule has 0 saturated carbocycles. The van der Waals surface area contributed by atoms with Gasteiger partial charge in [-0.25, -0.2) is 0 Å². The maximum Gasteiger partial charge on any atom is 0.306 e. The van der Waals surface area contributed by atoms with Gasteiger partial charge >= 0.3 is 17.9 Å². The lowest BCUT2D eigenvalue weighted by molar-refractivity contribution is -0.167. The third-order valence-electron chi connectivity index (χ3n) is 14.4. The van der Waals surface area contributed by atoms with Crippen molar-refractivity contribution in [3.05, 3.63) is 0 Å². The molecule has 6 nitrogen and oxygen atoms in total. The summed E-state index contributed by atoms with van der Waals surface area (Å²) in [4.78, 5) is 38.2. The van der Waals surface area contributed by atoms with Crippen molar-refractivity contribution in [2.45, 2.75) is 356 Å². The molecule has 0 aliphatic heterocycles. The largest absolute Gasteiger partial charge is 0.462 e. The van der Waals surface area contributed by atoms with E-state index in [2.05, 4.69) is 41.5 Å². The number of carbonyl (C=O) groups excluding carboxylic acids is 3. The van der Waals surface area contributed by atoms with E-state index in [9.17, 15) is 14.4 Å². The number of unbranched alkanes of at least 4 members (excludes halogenated alkanes) is 39. The Morgan fingerprint density at radius 3 is 0.623 bits per heavy atom. The highest BCUT2D eigenvalue weighted by Crippen LogP contribution is 2.19. The number of rotatable bonds is 56. The van der Waals surface area contributed by atoms with Crippen LogP contribution in [0.2, 0.25) is 0 Å². The number of hydrogen-bond donors (Lipinski definition) is 0. The first-order chi connectivity index (χ1) is 33.6. The second-order valence-electron chi connectivity index (χ2n) is 23.1. The molecular formula is C63H122O6. The molecule has 0 aliphatic carbocycles. The molecule has 0 spiro atoms. The Labute approximate surface area is 431 Å². The molecule has 0 amide bonds. The van der Waals surface area contributed by atoms with Crippen molar-refractivity contribution in [1.82, 2.24) is 0 Å². The second-order valence-corrected chi connectivity index (χ2v) is 23.1. The molecular weight excluding hydrogens is 853 g/mol. The van der Waals surface area contributed by atoms with E-state index in [0.717, 1.165) is 75.5 Å². The minimum absolute atomic E-state index is 0.0629. The van der Waals surface area contributed by atoms with Crippen LogP contribution < -0.4 is 0 Å². The fourth-order valence-corrected chi connectivity index (χ4v) is 9.71. The highest BCUT2D eigenvalue weighted by Gasteiger charge is 2.19. The Kier molecular flexibility index (Phi) is 52.9. The topological polar surface area (TPSA) is 78.9 Å². The molecule has 410 valence electrons. The van der Waals surface area contributed by atoms with Crippen LogP contribution in [-0.4, -0.2) is 37.2 Å². The van der Waals surface area contributed by atoms with Crippen molar-refractivity contribution in [3.63, 3.8) is 0 Å². The molecule has 0 N–H and O–H groups in total. The van der Waals surface area contributed by atoms with Crippen LogP contribution in [0.1, 0.15) is 350 Å². The maximum atomic E-state index is 12.9. The molecule has 0 heterocycles. The summed E-state index contributed by atoms with van der Waals surface area (Å²) >= 11 is 0. The Morgan fingerprint density at radius 1 is 0.246 bits per heavy atom. The Balaban J connectivity index is 4.27. The number of esters is 3. The zero-order valence-corrected chi connectivity index (χ0v) is 47.6. The van der Waals surface area contributed by atoms with Gasteiger partial charge in [-0.1, -0.05) is 311 Å². The van der Waals surface area contributed by atoms with Gasteiger partial charge in [0.1, 0.15) is 13.2 Å². The molecule has 0 rings (SSSR count). The van der Waals surface area contributed by atoms with Crippen LogP contribution in [0, 0.1) is 17.8 Å².